The molecule has 0 aromatic carbocycles. The van der Waals surface area contributed by atoms with Crippen LogP contribution >= 0.6 is 78.3 Å². The number of aryl methyl sites for hydroxylation is 5. The third-order valence-electron chi connectivity index (χ3n) is 16.2. The molecule has 10 N–H and O–H groups in total. The van der Waals surface area contributed by atoms with Crippen LogP contribution in [-0.2, 0) is 65.0 Å². The van der Waals surface area contributed by atoms with Crippen molar-refractivity contribution in [3.63, 3.8) is 0 Å². The van der Waals surface area contributed by atoms with Gasteiger partial charge in [-0.2, -0.15) is 0 Å². The molecule has 0 aliphatic carbocycles. The first kappa shape index (κ1) is 97.1. The van der Waals surface area contributed by atoms with E-state index in [-0.39, 0.29) is 75.1 Å². The molecule has 6 fully saturated rings. The predicted molar refractivity (Wildman–Crippen MR) is 402 cm³/mol. The molecular formula is C64H96Br2Cl4N10O22PTiZn-. The van der Waals surface area contributed by atoms with E-state index in [1.165, 1.54) is 66.7 Å². The molecule has 5 aromatic rings. The Labute approximate surface area is 656 Å². The first-order valence-corrected chi connectivity index (χ1v) is 44.1. The Morgan fingerprint density at radius 2 is 0.876 bits per heavy atom. The number of Topliss-reactive ketones (excluding diaryl/α,β-unsaturated/α-hetero) is 1. The van der Waals surface area contributed by atoms with Gasteiger partial charge in [0.1, 0.15) is 48.9 Å². The van der Waals surface area contributed by atoms with Gasteiger partial charge in [-0.3, -0.25) is 76.5 Å². The second-order valence-electron chi connectivity index (χ2n) is 23.6. The van der Waals surface area contributed by atoms with Crippen LogP contribution in [0.1, 0.15) is 157 Å². The SMILES string of the molecule is Br[CH-]Br.C1CCOC1.C=C.C=C1C[C@H](n2cc(C)c(=O)[nH]c2=O)O[C@@H]1CC.CC[C@H]1O[C@@H](n2cc(C)c(=O)[nH]c2=O)CC1(O)CO.CC[C@H]1O[C@@H](n2cc(C)c(=O)[nH]c2=O)CC1=O.CC[C@H]1O[C@@H](n2cc(C)c(=O)[nH]c2=O)CC1O.Cc1cn([C@H]2CC(O)[C@@H](CO)O2)c(=O)[nH]c1=O.[2H]PC.[Cl][Ti]([Cl])([Cl])[Cl].[Zn]. The van der Waals surface area contributed by atoms with Gasteiger partial charge in [0, 0.05) is 117 Å². The second kappa shape index (κ2) is 48.6. The normalized spacial score (nSPS) is 24.9. The van der Waals surface area contributed by atoms with E-state index in [0.29, 0.717) is 69.1 Å². The van der Waals surface area contributed by atoms with E-state index in [4.69, 9.17) is 72.0 Å². The van der Waals surface area contributed by atoms with Gasteiger partial charge in [-0.25, -0.2) is 28.2 Å². The predicted octanol–water partition coefficient (Wildman–Crippen LogP) is 5.60. The molecule has 41 heteroatoms. The minimum Gasteiger partial charge on any atom is 0 e. The Hall–Kier alpha value is -4.00. The fourth-order valence-corrected chi connectivity index (χ4v) is 10.8. The summed E-state index contributed by atoms with van der Waals surface area (Å²) in [7, 11) is 20.4. The molecule has 588 valence electrons. The van der Waals surface area contributed by atoms with Crippen LogP contribution in [0.2, 0.25) is 0 Å². The number of carbonyl (C=O) groups excluding carboxylic acids is 1. The largest absolute Gasteiger partial charge is 0 e. The fraction of sp³-hybridized carbons (Fsp3) is 0.594. The number of aliphatic hydroxyl groups excluding tert-OH is 4. The van der Waals surface area contributed by atoms with Gasteiger partial charge < -0.3 is 85.8 Å². The number of ketones is 1. The van der Waals surface area contributed by atoms with Crippen molar-refractivity contribution in [2.45, 2.75) is 212 Å². The number of nitrogens with one attached hydrogen (secondary N) is 5. The molecule has 105 heavy (non-hydrogen) atoms. The first-order chi connectivity index (χ1) is 49.3. The molecule has 6 saturated heterocycles. The zero-order valence-corrected chi connectivity index (χ0v) is 71.7. The first-order valence-electron chi connectivity index (χ1n) is 33.2. The molecule has 4 unspecified atom stereocenters. The molecule has 6 aliphatic rings. The molecule has 6 aliphatic heterocycles. The number of hydrogen-bond donors (Lipinski definition) is 10. The number of ether oxygens (including phenoxy) is 6. The van der Waals surface area contributed by atoms with Crippen molar-refractivity contribution in [2.75, 3.05) is 33.1 Å². The van der Waals surface area contributed by atoms with Crippen LogP contribution < -0.4 is 56.2 Å². The van der Waals surface area contributed by atoms with Gasteiger partial charge in [-0.15, -0.1) is 22.3 Å². The molecule has 5 aromatic heterocycles. The minimum atomic E-state index is -3.11. The molecular weight excluding hydrogens is 1710 g/mol. The summed E-state index contributed by atoms with van der Waals surface area (Å²) in [5, 5.41) is 47.8. The van der Waals surface area contributed by atoms with Crippen molar-refractivity contribution >= 4 is 84.0 Å². The molecule has 0 amide bonds. The zero-order chi connectivity index (χ0) is 80.0. The molecule has 11 heterocycles. The summed E-state index contributed by atoms with van der Waals surface area (Å²) in [5.74, 6) is -0.00625. The van der Waals surface area contributed by atoms with Crippen LogP contribution in [-0.4, -0.2) is 162 Å². The number of nitrogens with zero attached hydrogens (tertiary/aromatic N) is 5. The summed E-state index contributed by atoms with van der Waals surface area (Å²) in [4.78, 5) is 137. The summed E-state index contributed by atoms with van der Waals surface area (Å²) in [6.07, 6.45) is 7.76. The number of aromatic nitrogens is 10. The van der Waals surface area contributed by atoms with E-state index in [1.54, 1.807) is 38.9 Å². The number of aromatic amines is 5. The number of carbonyl (C=O) groups is 1. The van der Waals surface area contributed by atoms with Gasteiger partial charge >= 0.3 is 78.0 Å². The zero-order valence-electron chi connectivity index (χ0n) is 61.0. The Morgan fingerprint density at radius 1 is 0.562 bits per heavy atom. The van der Waals surface area contributed by atoms with Crippen LogP contribution in [0.25, 0.3) is 0 Å². The number of halogens is 6. The summed E-state index contributed by atoms with van der Waals surface area (Å²) in [6.45, 7) is 28.7. The maximum atomic E-state index is 11.8. The molecule has 0 bridgehead atoms. The van der Waals surface area contributed by atoms with Gasteiger partial charge in [0.15, 0.2) is 5.78 Å². The van der Waals surface area contributed by atoms with E-state index in [0.717, 1.165) is 25.2 Å². The number of rotatable bonds is 11. The van der Waals surface area contributed by atoms with Gasteiger partial charge in [0.05, 0.1) is 51.4 Å². The van der Waals surface area contributed by atoms with Crippen molar-refractivity contribution < 1.29 is 90.6 Å². The minimum absolute atomic E-state index is 0. The van der Waals surface area contributed by atoms with Crippen LogP contribution in [0.5, 0.6) is 0 Å². The maximum absolute atomic E-state index is 11.8. The van der Waals surface area contributed by atoms with Crippen molar-refractivity contribution in [1.82, 2.24) is 47.8 Å². The quantitative estimate of drug-likeness (QED) is 0.0333. The fourth-order valence-electron chi connectivity index (χ4n) is 10.8. The van der Waals surface area contributed by atoms with E-state index in [2.05, 4.69) is 76.5 Å². The van der Waals surface area contributed by atoms with Crippen molar-refractivity contribution in [1.29, 1.82) is 1.28 Å². The Morgan fingerprint density at radius 3 is 1.13 bits per heavy atom. The molecule has 14 atom stereocenters. The molecule has 32 nitrogen and oxygen atoms in total. The number of hydrogen-bond acceptors (Lipinski definition) is 22. The third kappa shape index (κ3) is 30.7. The standard InChI is InChI=1S/C12H18N2O5.C12H16N2O3.C11H16N2O4.C11H14N2O4.C10H14N2O5.C4H8O.C2H4.CHBr2.CH5P.4ClH.Ti.Zn/c1-3-8-12(18,6-15)4-9(19-8)14-5-7(2)10(16)13-11(14)17;1-4-9-7(2)5-10(17-9)14-6-8(3)11(15)13-12(14)16;2*1-3-8-7(14)4-9(17-8)13-5-6(2)10(15)12-11(13)16;1-5-3-12(10(16)11-9(5)15)8-2-6(14)7(4-13)17-8;1-2-4-5-3-1;1-2;2-1-3;1-2;;;;;;/h5,8-9,15,18H,3-4,6H2,1-2H3,(H,13,16,17);6,9-10H,2,4-5H2,1,3H3,(H,13,15,16);5,7-9,14H,3-4H2,1-2H3,(H,12,15,16);5,8-9H,3-4H2,1-2H3,(H,12,15,16);3,6-8,13-14H,2,4H2,1H3,(H,11,15,16);1-4H2;1-2H2;1H;2H2,1H3;4*1H;;/q;;;;;;;-1;;;;;;+4;/p-4/t8-,9-,12?;9-,10-;7?,8-,9-;8-,9-;6?,7-,8-;;;;;;;;;;/m11111........../s1/i;;;;;;;;2D;;;;;;. The van der Waals surface area contributed by atoms with Crippen molar-refractivity contribution in [3.05, 3.63) is 193 Å². The van der Waals surface area contributed by atoms with Gasteiger partial charge in [0.25, 0.3) is 27.8 Å². The average Bonchev–Trinajstić information content (AvgIpc) is 1.64. The Kier molecular flexibility index (Phi) is 44.9. The van der Waals surface area contributed by atoms with Gasteiger partial charge in [-0.1, -0.05) is 40.9 Å². The van der Waals surface area contributed by atoms with E-state index in [9.17, 15) is 73.2 Å². The van der Waals surface area contributed by atoms with Crippen LogP contribution in [0.3, 0.4) is 0 Å². The van der Waals surface area contributed by atoms with Crippen LogP contribution in [0.4, 0.5) is 0 Å². The third-order valence-corrected chi connectivity index (χ3v) is 16.2. The Balaban J connectivity index is 0.000000624. The summed E-state index contributed by atoms with van der Waals surface area (Å²) in [5.41, 5.74) is -2.93. The van der Waals surface area contributed by atoms with Gasteiger partial charge in [-0.05, 0) is 78.7 Å². The summed E-state index contributed by atoms with van der Waals surface area (Å²) < 4.78 is 47.0. The van der Waals surface area contributed by atoms with Crippen molar-refractivity contribution in [2.24, 2.45) is 0 Å². The van der Waals surface area contributed by atoms with Crippen LogP contribution in [0, 0.1) is 38.9 Å². The van der Waals surface area contributed by atoms with Crippen LogP contribution in [0.15, 0.2) is 104 Å². The smallest absolute Gasteiger partial charge is 0 e. The van der Waals surface area contributed by atoms with Gasteiger partial charge in [0.2, 0.25) is 0 Å². The second-order valence-corrected chi connectivity index (χ2v) is 41.3. The monoisotopic (exact) mass is 1800 g/mol. The summed E-state index contributed by atoms with van der Waals surface area (Å²) in [6, 6.07) is 0. The summed E-state index contributed by atoms with van der Waals surface area (Å²) >= 11 is 2.76. The Bertz CT molecular complexity index is 4000. The van der Waals surface area contributed by atoms with E-state index >= 15 is 0 Å². The van der Waals surface area contributed by atoms with E-state index in [1.807, 2.05) is 34.4 Å². The maximum Gasteiger partial charge on any atom is 0 e. The topological polar surface area (TPSA) is 448 Å². The van der Waals surface area contributed by atoms with Crippen molar-refractivity contribution in [3.8, 4) is 0 Å². The molecule has 0 radical (unpaired) electrons. The molecule has 11 rings (SSSR count). The molecule has 0 saturated carbocycles. The number of aliphatic hydroxyl groups is 5. The number of H-pyrrole nitrogens is 5. The average molecular weight is 1800 g/mol. The van der Waals surface area contributed by atoms with E-state index < -0.39 is 131 Å². The molecule has 0 spiro atoms.